The molecule has 5 rings (SSSR count). The van der Waals surface area contributed by atoms with Gasteiger partial charge in [0.25, 0.3) is 5.91 Å². The van der Waals surface area contributed by atoms with E-state index >= 15 is 0 Å². The van der Waals surface area contributed by atoms with E-state index < -0.39 is 5.97 Å². The molecule has 36 heavy (non-hydrogen) atoms. The Morgan fingerprint density at radius 3 is 2.61 bits per heavy atom. The number of aromatic carboxylic acids is 1. The van der Waals surface area contributed by atoms with Crippen LogP contribution in [0.1, 0.15) is 26.3 Å². The van der Waals surface area contributed by atoms with Gasteiger partial charge in [-0.25, -0.2) is 19.7 Å². The first kappa shape index (κ1) is 23.2. The molecule has 1 saturated heterocycles. The first-order valence-corrected chi connectivity index (χ1v) is 11.5. The molecular weight excluding hydrogens is 460 g/mol. The maximum Gasteiger partial charge on any atom is 0.337 e. The summed E-state index contributed by atoms with van der Waals surface area (Å²) in [6, 6.07) is 16.0. The number of carbonyl (C=O) groups is 2. The number of carbonyl (C=O) groups excluding carboxylic acids is 1. The summed E-state index contributed by atoms with van der Waals surface area (Å²) in [7, 11) is 0. The van der Waals surface area contributed by atoms with Crippen molar-refractivity contribution in [2.24, 2.45) is 0 Å². The van der Waals surface area contributed by atoms with Crippen LogP contribution in [0.4, 0.5) is 17.3 Å². The number of benzene rings is 2. The molecule has 2 aromatic heterocycles. The quantitative estimate of drug-likeness (QED) is 0.361. The van der Waals surface area contributed by atoms with E-state index in [9.17, 15) is 14.7 Å². The molecule has 0 spiro atoms. The number of hydrogen-bond donors (Lipinski definition) is 3. The van der Waals surface area contributed by atoms with Crippen molar-refractivity contribution in [3.05, 3.63) is 83.8 Å². The standard InChI is InChI=1S/C26H24N6O4/c33-25(18-7-8-22(27-15-18)32-9-11-36-12-10-32)31-19-4-1-3-17(13-19)14-28-24-20-5-2-6-21(26(34)35)23(20)29-16-30-24/h1-8,13,15-16H,9-12,14H2,(H,31,33)(H,34,35)(H,28,29,30). The van der Waals surface area contributed by atoms with Crippen LogP contribution in [-0.2, 0) is 11.3 Å². The number of ether oxygens (including phenoxy) is 1. The number of morpholine rings is 1. The Hall–Kier alpha value is -4.57. The number of nitrogens with one attached hydrogen (secondary N) is 2. The molecule has 1 aliphatic rings. The topological polar surface area (TPSA) is 130 Å². The Morgan fingerprint density at radius 1 is 1.00 bits per heavy atom. The van der Waals surface area contributed by atoms with Crippen LogP contribution in [0.5, 0.6) is 0 Å². The number of fused-ring (bicyclic) bond motifs is 1. The highest BCUT2D eigenvalue weighted by Gasteiger charge is 2.14. The summed E-state index contributed by atoms with van der Waals surface area (Å²) in [6.45, 7) is 3.33. The highest BCUT2D eigenvalue weighted by atomic mass is 16.5. The molecule has 10 nitrogen and oxygen atoms in total. The summed E-state index contributed by atoms with van der Waals surface area (Å²) in [5.74, 6) is 0.0726. The van der Waals surface area contributed by atoms with Crippen molar-refractivity contribution >= 4 is 40.1 Å². The highest BCUT2D eigenvalue weighted by Crippen LogP contribution is 2.23. The summed E-state index contributed by atoms with van der Waals surface area (Å²) in [6.07, 6.45) is 2.92. The van der Waals surface area contributed by atoms with Crippen LogP contribution in [-0.4, -0.2) is 58.2 Å². The number of amides is 1. The first-order valence-electron chi connectivity index (χ1n) is 11.5. The largest absolute Gasteiger partial charge is 0.478 e. The number of hydrogen-bond acceptors (Lipinski definition) is 8. The average molecular weight is 485 g/mol. The second-order valence-electron chi connectivity index (χ2n) is 8.24. The van der Waals surface area contributed by atoms with Gasteiger partial charge in [-0.1, -0.05) is 18.2 Å². The molecule has 182 valence electrons. The second kappa shape index (κ2) is 10.4. The third-order valence-electron chi connectivity index (χ3n) is 5.89. The Labute approximate surface area is 207 Å². The van der Waals surface area contributed by atoms with Gasteiger partial charge in [0.05, 0.1) is 29.9 Å². The zero-order valence-corrected chi connectivity index (χ0v) is 19.3. The molecule has 2 aromatic carbocycles. The Kier molecular flexibility index (Phi) is 6.67. The minimum absolute atomic E-state index is 0.120. The molecule has 0 bridgehead atoms. The monoisotopic (exact) mass is 484 g/mol. The fraction of sp³-hybridized carbons (Fsp3) is 0.192. The van der Waals surface area contributed by atoms with E-state index in [1.165, 1.54) is 12.4 Å². The zero-order chi connectivity index (χ0) is 24.9. The van der Waals surface area contributed by atoms with Crippen molar-refractivity contribution in [1.29, 1.82) is 0 Å². The van der Waals surface area contributed by atoms with E-state index in [0.717, 1.165) is 24.5 Å². The smallest absolute Gasteiger partial charge is 0.337 e. The number of aromatic nitrogens is 3. The molecular formula is C26H24N6O4. The summed E-state index contributed by atoms with van der Waals surface area (Å²) < 4.78 is 5.37. The zero-order valence-electron chi connectivity index (χ0n) is 19.3. The van der Waals surface area contributed by atoms with E-state index in [-0.39, 0.29) is 11.5 Å². The number of nitrogens with zero attached hydrogens (tertiary/aromatic N) is 4. The second-order valence-corrected chi connectivity index (χ2v) is 8.24. The van der Waals surface area contributed by atoms with Gasteiger partial charge >= 0.3 is 5.97 Å². The summed E-state index contributed by atoms with van der Waals surface area (Å²) in [5.41, 5.74) is 2.52. The summed E-state index contributed by atoms with van der Waals surface area (Å²) in [5, 5.41) is 16.2. The van der Waals surface area contributed by atoms with Crippen LogP contribution in [0.3, 0.4) is 0 Å². The number of para-hydroxylation sites is 1. The molecule has 1 amide bonds. The molecule has 1 fully saturated rings. The number of carboxylic acids is 1. The van der Waals surface area contributed by atoms with Crippen LogP contribution in [0.25, 0.3) is 10.9 Å². The molecule has 1 aliphatic heterocycles. The maximum atomic E-state index is 12.8. The van der Waals surface area contributed by atoms with Crippen LogP contribution in [0.15, 0.2) is 67.1 Å². The number of carboxylic acid groups (broad SMARTS) is 1. The molecule has 4 aromatic rings. The lowest BCUT2D eigenvalue weighted by Gasteiger charge is -2.27. The Balaban J connectivity index is 1.25. The van der Waals surface area contributed by atoms with Gasteiger partial charge in [0, 0.05) is 36.9 Å². The van der Waals surface area contributed by atoms with Crippen LogP contribution in [0.2, 0.25) is 0 Å². The predicted molar refractivity (Wildman–Crippen MR) is 135 cm³/mol. The first-order chi connectivity index (χ1) is 17.6. The lowest BCUT2D eigenvalue weighted by Crippen LogP contribution is -2.36. The minimum Gasteiger partial charge on any atom is -0.478 e. The van der Waals surface area contributed by atoms with Gasteiger partial charge in [-0.2, -0.15) is 0 Å². The van der Waals surface area contributed by atoms with Crippen molar-refractivity contribution in [2.75, 3.05) is 41.8 Å². The molecule has 0 radical (unpaired) electrons. The lowest BCUT2D eigenvalue weighted by molar-refractivity contribution is 0.0698. The fourth-order valence-corrected chi connectivity index (χ4v) is 4.05. The number of anilines is 3. The van der Waals surface area contributed by atoms with E-state index in [4.69, 9.17) is 4.74 Å². The highest BCUT2D eigenvalue weighted by molar-refractivity contribution is 6.05. The van der Waals surface area contributed by atoms with Gasteiger partial charge in [0.2, 0.25) is 0 Å². The third kappa shape index (κ3) is 5.08. The normalized spacial score (nSPS) is 13.4. The van der Waals surface area contributed by atoms with Crippen LogP contribution in [0, 0.1) is 0 Å². The molecule has 0 unspecified atom stereocenters. The van der Waals surface area contributed by atoms with Gasteiger partial charge in [0.1, 0.15) is 18.0 Å². The summed E-state index contributed by atoms with van der Waals surface area (Å²) >= 11 is 0. The lowest BCUT2D eigenvalue weighted by atomic mass is 10.1. The number of rotatable bonds is 7. The minimum atomic E-state index is -1.04. The average Bonchev–Trinajstić information content (AvgIpc) is 2.92. The Bertz CT molecular complexity index is 1400. The molecule has 0 aliphatic carbocycles. The van der Waals surface area contributed by atoms with Gasteiger partial charge in [-0.15, -0.1) is 0 Å². The maximum absolute atomic E-state index is 12.8. The number of pyridine rings is 1. The van der Waals surface area contributed by atoms with E-state index in [1.807, 2.05) is 30.3 Å². The molecule has 3 N–H and O–H groups in total. The van der Waals surface area contributed by atoms with Gasteiger partial charge in [0.15, 0.2) is 0 Å². The van der Waals surface area contributed by atoms with Crippen molar-refractivity contribution < 1.29 is 19.4 Å². The van der Waals surface area contributed by atoms with Gasteiger partial charge < -0.3 is 25.4 Å². The van der Waals surface area contributed by atoms with E-state index in [2.05, 4.69) is 30.5 Å². The van der Waals surface area contributed by atoms with Gasteiger partial charge in [-0.05, 0) is 42.0 Å². The molecule has 3 heterocycles. The third-order valence-corrected chi connectivity index (χ3v) is 5.89. The molecule has 0 atom stereocenters. The van der Waals surface area contributed by atoms with E-state index in [1.54, 1.807) is 24.4 Å². The Morgan fingerprint density at radius 2 is 1.83 bits per heavy atom. The summed E-state index contributed by atoms with van der Waals surface area (Å²) in [4.78, 5) is 39.2. The van der Waals surface area contributed by atoms with Crippen molar-refractivity contribution in [3.63, 3.8) is 0 Å². The molecule has 0 saturated carbocycles. The fourth-order valence-electron chi connectivity index (χ4n) is 4.05. The van der Waals surface area contributed by atoms with Gasteiger partial charge in [-0.3, -0.25) is 4.79 Å². The SMILES string of the molecule is O=C(Nc1cccc(CNc2ncnc3c(C(=O)O)cccc23)c1)c1ccc(N2CCOCC2)nc1. The van der Waals surface area contributed by atoms with E-state index in [0.29, 0.717) is 47.7 Å². The van der Waals surface area contributed by atoms with Crippen molar-refractivity contribution in [1.82, 2.24) is 15.0 Å². The van der Waals surface area contributed by atoms with Crippen LogP contribution >= 0.6 is 0 Å². The van der Waals surface area contributed by atoms with Crippen molar-refractivity contribution in [2.45, 2.75) is 6.54 Å². The predicted octanol–water partition coefficient (Wildman–Crippen LogP) is 3.42. The molecule has 10 heteroatoms. The van der Waals surface area contributed by atoms with Crippen LogP contribution < -0.4 is 15.5 Å². The van der Waals surface area contributed by atoms with Crippen molar-refractivity contribution in [3.8, 4) is 0 Å².